The van der Waals surface area contributed by atoms with Gasteiger partial charge in [-0.2, -0.15) is 0 Å². The Labute approximate surface area is 231 Å². The van der Waals surface area contributed by atoms with Crippen LogP contribution in [0.2, 0.25) is 0 Å². The summed E-state index contributed by atoms with van der Waals surface area (Å²) >= 11 is 0. The molecule has 40 heavy (non-hydrogen) atoms. The Hall–Kier alpha value is -2.67. The Morgan fingerprint density at radius 2 is 1.68 bits per heavy atom. The van der Waals surface area contributed by atoms with E-state index in [9.17, 15) is 39.9 Å². The van der Waals surface area contributed by atoms with E-state index in [4.69, 9.17) is 14.2 Å². The van der Waals surface area contributed by atoms with E-state index in [0.29, 0.717) is 0 Å². The van der Waals surface area contributed by atoms with Crippen LogP contribution in [-0.4, -0.2) is 97.7 Å². The van der Waals surface area contributed by atoms with Gasteiger partial charge in [0.15, 0.2) is 11.4 Å². The van der Waals surface area contributed by atoms with Gasteiger partial charge in [0.25, 0.3) is 0 Å². The van der Waals surface area contributed by atoms with Gasteiger partial charge in [0.1, 0.15) is 36.1 Å². The van der Waals surface area contributed by atoms with Crippen LogP contribution >= 0.6 is 0 Å². The number of hydrogen-bond donors (Lipinski definition) is 5. The molecule has 11 heteroatoms. The number of rotatable bonds is 3. The summed E-state index contributed by atoms with van der Waals surface area (Å²) in [5, 5.41) is 58.3. The zero-order valence-electron chi connectivity index (χ0n) is 23.0. The molecule has 218 valence electrons. The fraction of sp³-hybridized carbons (Fsp3) is 0.621. The molecule has 1 heterocycles. The highest BCUT2D eigenvalue weighted by molar-refractivity contribution is 5.94. The van der Waals surface area contributed by atoms with Gasteiger partial charge >= 0.3 is 11.9 Å². The zero-order valence-corrected chi connectivity index (χ0v) is 23.0. The van der Waals surface area contributed by atoms with Crippen molar-refractivity contribution in [2.24, 2.45) is 16.7 Å². The number of carbonyl (C=O) groups is 3. The average molecular weight is 561 g/mol. The monoisotopic (exact) mass is 560 g/mol. The third-order valence-corrected chi connectivity index (χ3v) is 10.0. The Balaban J connectivity index is 1.85. The molecule has 5 N–H and O–H groups in total. The normalized spacial score (nSPS) is 43.9. The van der Waals surface area contributed by atoms with E-state index in [1.54, 1.807) is 18.2 Å². The highest BCUT2D eigenvalue weighted by atomic mass is 16.6. The smallest absolute Gasteiger partial charge is 0.338 e. The van der Waals surface area contributed by atoms with Crippen molar-refractivity contribution in [2.45, 2.75) is 88.9 Å². The second-order valence-corrected chi connectivity index (χ2v) is 12.3. The van der Waals surface area contributed by atoms with Gasteiger partial charge in [0, 0.05) is 18.8 Å². The molecule has 1 aromatic rings. The predicted molar refractivity (Wildman–Crippen MR) is 137 cm³/mol. The molecule has 0 aromatic heterocycles. The first-order valence-electron chi connectivity index (χ1n) is 13.3. The van der Waals surface area contributed by atoms with Crippen molar-refractivity contribution in [1.82, 2.24) is 0 Å². The second kappa shape index (κ2) is 9.17. The molecule has 4 aliphatic rings. The molecule has 10 atom stereocenters. The Kier molecular flexibility index (Phi) is 6.61. The van der Waals surface area contributed by atoms with Crippen molar-refractivity contribution in [1.29, 1.82) is 0 Å². The number of hydrogen-bond acceptors (Lipinski definition) is 11. The van der Waals surface area contributed by atoms with Crippen LogP contribution in [0.1, 0.15) is 51.4 Å². The molecule has 0 radical (unpaired) electrons. The first-order chi connectivity index (χ1) is 18.6. The molecule has 3 aliphatic carbocycles. The van der Waals surface area contributed by atoms with Gasteiger partial charge < -0.3 is 39.7 Å². The minimum atomic E-state index is -2.55. The maximum atomic E-state index is 14.3. The standard InChI is InChI=1S/C29H36O11/c1-13-18-20(33)22(34)27(5)16(31)11-17-28(12-38-17,40-14(2)30)21(27)24(39-25(36)15-9-7-6-8-10-15)29(37,26(18,3)4)23(35)19(13)32/h6-10,16-17,19-21,23-24,31-33,35,37H,11-12H2,1-5H3/t16-,17?,19+,20?,21-,23+,24-,27?,28-,29?/m0/s1. The summed E-state index contributed by atoms with van der Waals surface area (Å²) in [6.45, 7) is 6.63. The second-order valence-electron chi connectivity index (χ2n) is 12.3. The molecule has 2 bridgehead atoms. The number of carbonyl (C=O) groups excluding carboxylic acids is 3. The molecule has 1 aromatic carbocycles. The lowest BCUT2D eigenvalue weighted by atomic mass is 9.44. The number of ketones is 1. The number of esters is 2. The van der Waals surface area contributed by atoms with Crippen LogP contribution in [-0.2, 0) is 23.8 Å². The van der Waals surface area contributed by atoms with Gasteiger partial charge in [-0.1, -0.05) is 32.0 Å². The summed E-state index contributed by atoms with van der Waals surface area (Å²) in [5.74, 6) is -4.04. The highest BCUT2D eigenvalue weighted by Gasteiger charge is 2.79. The predicted octanol–water partition coefficient (Wildman–Crippen LogP) is 0.0526. The quantitative estimate of drug-likeness (QED) is 0.249. The summed E-state index contributed by atoms with van der Waals surface area (Å²) < 4.78 is 17.5. The minimum Gasteiger partial charge on any atom is -0.455 e. The van der Waals surface area contributed by atoms with Crippen molar-refractivity contribution < 1.29 is 54.1 Å². The van der Waals surface area contributed by atoms with Gasteiger partial charge in [0.05, 0.1) is 29.6 Å². The largest absolute Gasteiger partial charge is 0.455 e. The van der Waals surface area contributed by atoms with Crippen LogP contribution in [0.3, 0.4) is 0 Å². The molecule has 1 aliphatic heterocycles. The molecule has 0 spiro atoms. The fourth-order valence-corrected chi connectivity index (χ4v) is 7.79. The first kappa shape index (κ1) is 28.8. The molecule has 0 amide bonds. The van der Waals surface area contributed by atoms with E-state index in [1.807, 2.05) is 0 Å². The van der Waals surface area contributed by atoms with Crippen LogP contribution in [0.25, 0.3) is 0 Å². The summed E-state index contributed by atoms with van der Waals surface area (Å²) in [7, 11) is 0. The SMILES string of the molecule is CC(=O)O[C@@]12COC1C[C@H](O)C1(C)C(=O)C(O)C3=C(C)[C@@H](O)[C@@H](O)C(O)([C@@H](OC(=O)c4ccccc4)[C@@H]12)C3(C)C. The number of benzene rings is 1. The maximum absolute atomic E-state index is 14.3. The van der Waals surface area contributed by atoms with Crippen LogP contribution in [0.4, 0.5) is 0 Å². The first-order valence-corrected chi connectivity index (χ1v) is 13.3. The maximum Gasteiger partial charge on any atom is 0.338 e. The fourth-order valence-electron chi connectivity index (χ4n) is 7.79. The van der Waals surface area contributed by atoms with Gasteiger partial charge in [0.2, 0.25) is 0 Å². The van der Waals surface area contributed by atoms with E-state index in [2.05, 4.69) is 0 Å². The Morgan fingerprint density at radius 1 is 1.05 bits per heavy atom. The summed E-state index contributed by atoms with van der Waals surface area (Å²) in [6, 6.07) is 7.83. The van der Waals surface area contributed by atoms with Crippen molar-refractivity contribution >= 4 is 17.7 Å². The van der Waals surface area contributed by atoms with Crippen LogP contribution in [0, 0.1) is 16.7 Å². The molecule has 3 fully saturated rings. The van der Waals surface area contributed by atoms with Crippen LogP contribution in [0.15, 0.2) is 41.5 Å². The molecule has 4 unspecified atom stereocenters. The lowest BCUT2D eigenvalue weighted by Gasteiger charge is -2.67. The molecular weight excluding hydrogens is 524 g/mol. The molecule has 2 saturated carbocycles. The van der Waals surface area contributed by atoms with Crippen molar-refractivity contribution in [3.05, 3.63) is 47.0 Å². The van der Waals surface area contributed by atoms with Gasteiger partial charge in [-0.05, 0) is 37.1 Å². The minimum absolute atomic E-state index is 0.0565. The van der Waals surface area contributed by atoms with Gasteiger partial charge in [-0.25, -0.2) is 4.79 Å². The Morgan fingerprint density at radius 3 is 2.23 bits per heavy atom. The van der Waals surface area contributed by atoms with E-state index in [1.165, 1.54) is 39.8 Å². The lowest BCUT2D eigenvalue weighted by Crippen LogP contribution is -2.83. The third-order valence-electron chi connectivity index (χ3n) is 10.0. The molecule has 11 nitrogen and oxygen atoms in total. The van der Waals surface area contributed by atoms with Gasteiger partial charge in [-0.3, -0.25) is 9.59 Å². The van der Waals surface area contributed by atoms with E-state index in [0.717, 1.165) is 6.92 Å². The van der Waals surface area contributed by atoms with Crippen molar-refractivity contribution in [3.8, 4) is 0 Å². The number of aliphatic hydroxyl groups is 5. The summed E-state index contributed by atoms with van der Waals surface area (Å²) in [6.07, 6.45) is -10.1. The zero-order chi connectivity index (χ0) is 29.6. The van der Waals surface area contributed by atoms with E-state index in [-0.39, 0.29) is 29.7 Å². The average Bonchev–Trinajstić information content (AvgIpc) is 2.90. The highest BCUT2D eigenvalue weighted by Crippen LogP contribution is 2.63. The number of aliphatic hydroxyl groups excluding tert-OH is 4. The number of fused-ring (bicyclic) bond motifs is 5. The Bertz CT molecular complexity index is 1270. The number of ether oxygens (including phenoxy) is 3. The van der Waals surface area contributed by atoms with E-state index < -0.39 is 82.3 Å². The summed E-state index contributed by atoms with van der Waals surface area (Å²) in [4.78, 5) is 40.3. The topological polar surface area (TPSA) is 180 Å². The third kappa shape index (κ3) is 3.48. The van der Waals surface area contributed by atoms with Crippen molar-refractivity contribution in [3.63, 3.8) is 0 Å². The molecule has 1 saturated heterocycles. The lowest BCUT2D eigenvalue weighted by molar-refractivity contribution is -0.352. The number of Topliss-reactive ketones (excluding diaryl/α,β-unsaturated/α-hetero) is 1. The van der Waals surface area contributed by atoms with Crippen LogP contribution in [0.5, 0.6) is 0 Å². The van der Waals surface area contributed by atoms with Crippen molar-refractivity contribution in [2.75, 3.05) is 6.61 Å². The van der Waals surface area contributed by atoms with E-state index >= 15 is 0 Å². The molecular formula is C29H36O11. The van der Waals surface area contributed by atoms with Gasteiger partial charge in [-0.15, -0.1) is 0 Å². The molecule has 5 rings (SSSR count). The van der Waals surface area contributed by atoms with Crippen LogP contribution < -0.4 is 0 Å². The summed E-state index contributed by atoms with van der Waals surface area (Å²) in [5.41, 5.74) is -7.76.